The fraction of sp³-hybridized carbons (Fsp3) is 0.273. The number of halogens is 3. The first-order valence-electron chi connectivity index (χ1n) is 9.36. The molecule has 0 saturated heterocycles. The van der Waals surface area contributed by atoms with Gasteiger partial charge in [-0.05, 0) is 55.3 Å². The molecule has 0 spiro atoms. The Bertz CT molecular complexity index is 1010. The lowest BCUT2D eigenvalue weighted by Gasteiger charge is -2.13. The van der Waals surface area contributed by atoms with E-state index in [-0.39, 0.29) is 36.5 Å². The zero-order valence-corrected chi connectivity index (χ0v) is 17.7. The summed E-state index contributed by atoms with van der Waals surface area (Å²) in [5, 5.41) is 6.82. The van der Waals surface area contributed by atoms with E-state index in [0.29, 0.717) is 28.9 Å². The van der Waals surface area contributed by atoms with Gasteiger partial charge in [-0.25, -0.2) is 4.39 Å². The van der Waals surface area contributed by atoms with Crippen LogP contribution < -0.4 is 10.6 Å². The van der Waals surface area contributed by atoms with Crippen molar-refractivity contribution in [3.8, 4) is 0 Å². The van der Waals surface area contributed by atoms with Crippen molar-refractivity contribution in [3.05, 3.63) is 71.2 Å². The van der Waals surface area contributed by atoms with Crippen molar-refractivity contribution in [2.75, 3.05) is 11.9 Å². The van der Waals surface area contributed by atoms with Crippen molar-refractivity contribution < 1.29 is 9.18 Å². The van der Waals surface area contributed by atoms with Crippen molar-refractivity contribution >= 4 is 47.3 Å². The summed E-state index contributed by atoms with van der Waals surface area (Å²) in [7, 11) is 0. The van der Waals surface area contributed by atoms with Crippen molar-refractivity contribution in [1.82, 2.24) is 10.3 Å². The Balaban J connectivity index is 0.00000150. The number of aromatic nitrogens is 1. The van der Waals surface area contributed by atoms with Gasteiger partial charge in [0, 0.05) is 29.2 Å². The number of carbonyl (C=O) groups excluding carboxylic acids is 1. The summed E-state index contributed by atoms with van der Waals surface area (Å²) in [4.78, 5) is 17.7. The van der Waals surface area contributed by atoms with Gasteiger partial charge in [-0.2, -0.15) is 0 Å². The average molecular weight is 436 g/mol. The molecule has 0 bridgehead atoms. The zero-order chi connectivity index (χ0) is 18.8. The van der Waals surface area contributed by atoms with Gasteiger partial charge in [-0.3, -0.25) is 9.78 Å². The molecule has 0 radical (unpaired) electrons. The minimum Gasteiger partial charge on any atom is -0.322 e. The minimum atomic E-state index is -0.370. The predicted molar refractivity (Wildman–Crippen MR) is 120 cm³/mol. The van der Waals surface area contributed by atoms with E-state index in [2.05, 4.69) is 15.6 Å². The van der Waals surface area contributed by atoms with Gasteiger partial charge in [-0.1, -0.05) is 25.1 Å². The number of hydrogen-bond donors (Lipinski definition) is 2. The second kappa shape index (κ2) is 10.0. The maximum atomic E-state index is 13.8. The van der Waals surface area contributed by atoms with Gasteiger partial charge in [-0.15, -0.1) is 24.8 Å². The van der Waals surface area contributed by atoms with Crippen LogP contribution in [0.15, 0.2) is 48.5 Å². The highest BCUT2D eigenvalue weighted by Crippen LogP contribution is 2.40. The molecule has 3 aromatic rings. The molecule has 1 aliphatic rings. The number of carbonyl (C=O) groups is 1. The van der Waals surface area contributed by atoms with Gasteiger partial charge in [0.15, 0.2) is 0 Å². The molecule has 0 unspecified atom stereocenters. The maximum Gasteiger partial charge on any atom is 0.256 e. The van der Waals surface area contributed by atoms with E-state index in [0.717, 1.165) is 36.3 Å². The molecule has 2 N–H and O–H groups in total. The standard InChI is InChI=1S/C22H22FN3O.2ClH/c1-2-24-13-15-5-3-4-6-19(15)26-22(27)18-12-21(14-7-8-14)25-20-10-9-16(23)11-17(18)20;;/h3-6,9-12,14,24H,2,7-8,13H2,1H3,(H,26,27);2*1H. The number of hydrogen-bond acceptors (Lipinski definition) is 3. The molecule has 1 amide bonds. The second-order valence-electron chi connectivity index (χ2n) is 6.92. The smallest absolute Gasteiger partial charge is 0.256 e. The summed E-state index contributed by atoms with van der Waals surface area (Å²) in [5.74, 6) is -0.198. The quantitative estimate of drug-likeness (QED) is 0.540. The van der Waals surface area contributed by atoms with Crippen LogP contribution in [-0.4, -0.2) is 17.4 Å². The van der Waals surface area contributed by atoms with E-state index >= 15 is 0 Å². The van der Waals surface area contributed by atoms with Crippen LogP contribution in [0.2, 0.25) is 0 Å². The summed E-state index contributed by atoms with van der Waals surface area (Å²) in [6, 6.07) is 14.0. The molecule has 1 fully saturated rings. The first kappa shape index (κ1) is 23.1. The Labute approximate surface area is 182 Å². The molecule has 7 heteroatoms. The van der Waals surface area contributed by atoms with Crippen LogP contribution in [0, 0.1) is 5.82 Å². The highest BCUT2D eigenvalue weighted by Gasteiger charge is 2.27. The summed E-state index contributed by atoms with van der Waals surface area (Å²) < 4.78 is 13.8. The van der Waals surface area contributed by atoms with Crippen LogP contribution in [0.3, 0.4) is 0 Å². The topological polar surface area (TPSA) is 54.0 Å². The molecule has 154 valence electrons. The van der Waals surface area contributed by atoms with Gasteiger partial charge >= 0.3 is 0 Å². The summed E-state index contributed by atoms with van der Waals surface area (Å²) in [6.07, 6.45) is 2.18. The number of amides is 1. The highest BCUT2D eigenvalue weighted by atomic mass is 35.5. The summed E-state index contributed by atoms with van der Waals surface area (Å²) >= 11 is 0. The van der Waals surface area contributed by atoms with Gasteiger partial charge in [0.1, 0.15) is 5.82 Å². The van der Waals surface area contributed by atoms with Crippen LogP contribution in [0.25, 0.3) is 10.9 Å². The Morgan fingerprint density at radius 2 is 1.90 bits per heavy atom. The zero-order valence-electron chi connectivity index (χ0n) is 16.1. The molecule has 4 rings (SSSR count). The number of nitrogens with zero attached hydrogens (tertiary/aromatic N) is 1. The molecular weight excluding hydrogens is 412 g/mol. The van der Waals surface area contributed by atoms with Gasteiger partial charge in [0.2, 0.25) is 0 Å². The number of anilines is 1. The third kappa shape index (κ3) is 5.24. The lowest BCUT2D eigenvalue weighted by Crippen LogP contribution is -2.17. The lowest BCUT2D eigenvalue weighted by atomic mass is 10.0. The van der Waals surface area contributed by atoms with Crippen molar-refractivity contribution in [2.45, 2.75) is 32.2 Å². The third-order valence-electron chi connectivity index (χ3n) is 4.86. The predicted octanol–water partition coefficient (Wildman–Crippen LogP) is 5.46. The maximum absolute atomic E-state index is 13.8. The number of para-hydroxylation sites is 1. The molecule has 4 nitrogen and oxygen atoms in total. The van der Waals surface area contributed by atoms with Crippen LogP contribution in [0.5, 0.6) is 0 Å². The highest BCUT2D eigenvalue weighted by molar-refractivity contribution is 6.12. The van der Waals surface area contributed by atoms with Crippen molar-refractivity contribution in [1.29, 1.82) is 0 Å². The van der Waals surface area contributed by atoms with Crippen LogP contribution >= 0.6 is 24.8 Å². The summed E-state index contributed by atoms with van der Waals surface area (Å²) in [5.41, 5.74) is 3.82. The molecule has 2 aromatic carbocycles. The van der Waals surface area contributed by atoms with E-state index in [9.17, 15) is 9.18 Å². The molecule has 29 heavy (non-hydrogen) atoms. The number of fused-ring (bicyclic) bond motifs is 1. The number of nitrogens with one attached hydrogen (secondary N) is 2. The lowest BCUT2D eigenvalue weighted by molar-refractivity contribution is 0.102. The van der Waals surface area contributed by atoms with Crippen LogP contribution in [0.4, 0.5) is 10.1 Å². The van der Waals surface area contributed by atoms with E-state index in [1.807, 2.05) is 37.3 Å². The Hall–Kier alpha value is -2.21. The fourth-order valence-electron chi connectivity index (χ4n) is 3.24. The van der Waals surface area contributed by atoms with Gasteiger partial charge < -0.3 is 10.6 Å². The van der Waals surface area contributed by atoms with Crippen molar-refractivity contribution in [3.63, 3.8) is 0 Å². The number of rotatable bonds is 6. The first-order chi connectivity index (χ1) is 13.2. The second-order valence-corrected chi connectivity index (χ2v) is 6.92. The molecule has 1 saturated carbocycles. The van der Waals surface area contributed by atoms with Gasteiger partial charge in [0.25, 0.3) is 5.91 Å². The Morgan fingerprint density at radius 3 is 2.62 bits per heavy atom. The Kier molecular flexibility index (Phi) is 7.96. The van der Waals surface area contributed by atoms with E-state index in [1.165, 1.54) is 12.1 Å². The minimum absolute atomic E-state index is 0. The molecule has 1 aromatic heterocycles. The molecule has 0 atom stereocenters. The molecule has 0 aliphatic heterocycles. The Morgan fingerprint density at radius 1 is 1.14 bits per heavy atom. The monoisotopic (exact) mass is 435 g/mol. The number of benzene rings is 2. The van der Waals surface area contributed by atoms with Crippen molar-refractivity contribution in [2.24, 2.45) is 0 Å². The number of pyridine rings is 1. The first-order valence-corrected chi connectivity index (χ1v) is 9.36. The van der Waals surface area contributed by atoms with Crippen LogP contribution in [-0.2, 0) is 6.54 Å². The normalized spacial score (nSPS) is 12.8. The van der Waals surface area contributed by atoms with E-state index in [4.69, 9.17) is 0 Å². The molecular formula is C22H24Cl2FN3O. The molecule has 1 heterocycles. The fourth-order valence-corrected chi connectivity index (χ4v) is 3.24. The van der Waals surface area contributed by atoms with Crippen LogP contribution in [0.1, 0.15) is 47.3 Å². The largest absolute Gasteiger partial charge is 0.322 e. The average Bonchev–Trinajstić information content (AvgIpc) is 3.51. The van der Waals surface area contributed by atoms with Gasteiger partial charge in [0.05, 0.1) is 11.1 Å². The summed E-state index contributed by atoms with van der Waals surface area (Å²) in [6.45, 7) is 3.56. The SMILES string of the molecule is CCNCc1ccccc1NC(=O)c1cc(C2CC2)nc2ccc(F)cc12.Cl.Cl. The van der Waals surface area contributed by atoms with E-state index in [1.54, 1.807) is 6.07 Å². The third-order valence-corrected chi connectivity index (χ3v) is 4.86. The molecule has 1 aliphatic carbocycles. The van der Waals surface area contributed by atoms with E-state index < -0.39 is 0 Å².